The molecule has 1 atom stereocenters. The Morgan fingerprint density at radius 3 is 2.68 bits per heavy atom. The second-order valence-electron chi connectivity index (χ2n) is 3.60. The first-order valence-electron chi connectivity index (χ1n) is 5.50. The van der Waals surface area contributed by atoms with E-state index >= 15 is 0 Å². The number of nitrogens with zero attached hydrogens (tertiary/aromatic N) is 4. The fourth-order valence-corrected chi connectivity index (χ4v) is 1.39. The van der Waals surface area contributed by atoms with E-state index in [1.165, 1.54) is 17.8 Å². The van der Waals surface area contributed by atoms with Crippen LogP contribution in [0.15, 0.2) is 6.33 Å². The molecule has 0 bridgehead atoms. The van der Waals surface area contributed by atoms with E-state index < -0.39 is 18.0 Å². The molecule has 98 valence electrons. The molecule has 0 aliphatic carbocycles. The molecule has 8 heteroatoms. The van der Waals surface area contributed by atoms with Crippen molar-refractivity contribution in [3.63, 3.8) is 0 Å². The zero-order valence-corrected chi connectivity index (χ0v) is 10.5. The van der Waals surface area contributed by atoms with Gasteiger partial charge in [0.2, 0.25) is 0 Å². The van der Waals surface area contributed by atoms with E-state index in [0.717, 1.165) is 0 Å². The molecule has 0 aromatic carbocycles. The first-order chi connectivity index (χ1) is 9.04. The molecule has 3 amide bonds. The third-order valence-electron chi connectivity index (χ3n) is 2.38. The molecule has 1 heterocycles. The van der Waals surface area contributed by atoms with Gasteiger partial charge in [-0.3, -0.25) is 10.1 Å². The minimum absolute atomic E-state index is 0.0129. The van der Waals surface area contributed by atoms with Crippen molar-refractivity contribution >= 4 is 11.9 Å². The van der Waals surface area contributed by atoms with Gasteiger partial charge in [0.25, 0.3) is 5.91 Å². The second-order valence-corrected chi connectivity index (χ2v) is 3.60. The first kappa shape index (κ1) is 14.2. The summed E-state index contributed by atoms with van der Waals surface area (Å²) in [4.78, 5) is 26.7. The predicted molar refractivity (Wildman–Crippen MR) is 63.6 cm³/mol. The number of carbonyl (C=O) groups is 2. The van der Waals surface area contributed by atoms with Crippen molar-refractivity contribution in [1.29, 1.82) is 10.5 Å². The van der Waals surface area contributed by atoms with E-state index in [0.29, 0.717) is 6.54 Å². The molecule has 0 radical (unpaired) electrons. The van der Waals surface area contributed by atoms with Crippen LogP contribution in [0, 0.1) is 22.7 Å². The fourth-order valence-electron chi connectivity index (χ4n) is 1.39. The normalized spacial score (nSPS) is 10.9. The van der Waals surface area contributed by atoms with Crippen molar-refractivity contribution < 1.29 is 9.59 Å². The number of nitriles is 2. The molecule has 1 rings (SSSR count). The number of imide groups is 1. The van der Waals surface area contributed by atoms with Crippen LogP contribution in [0.4, 0.5) is 4.79 Å². The number of imidazole rings is 1. The van der Waals surface area contributed by atoms with Crippen LogP contribution in [-0.2, 0) is 4.79 Å². The monoisotopic (exact) mass is 260 g/mol. The van der Waals surface area contributed by atoms with Crippen molar-refractivity contribution in [2.45, 2.75) is 19.9 Å². The molecule has 19 heavy (non-hydrogen) atoms. The molecule has 2 N–H and O–H groups in total. The van der Waals surface area contributed by atoms with Gasteiger partial charge in [-0.2, -0.15) is 10.5 Å². The Morgan fingerprint density at radius 1 is 1.47 bits per heavy atom. The number of amides is 3. The van der Waals surface area contributed by atoms with E-state index in [4.69, 9.17) is 10.5 Å². The highest BCUT2D eigenvalue weighted by Gasteiger charge is 2.21. The quantitative estimate of drug-likeness (QED) is 0.793. The zero-order chi connectivity index (χ0) is 14.4. The molecular weight excluding hydrogens is 248 g/mol. The van der Waals surface area contributed by atoms with E-state index in [-0.39, 0.29) is 11.4 Å². The standard InChI is InChI=1S/C11H12N6O2/c1-3-14-11(19)16-10(18)7(2)17-6-15-8(4-12)9(17)5-13/h6-7H,3H2,1-2H3,(H2,14,16,18,19). The number of rotatable bonds is 3. The molecule has 0 saturated carbocycles. The van der Waals surface area contributed by atoms with Crippen LogP contribution >= 0.6 is 0 Å². The topological polar surface area (TPSA) is 124 Å². The maximum Gasteiger partial charge on any atom is 0.321 e. The smallest absolute Gasteiger partial charge is 0.321 e. The second kappa shape index (κ2) is 6.17. The van der Waals surface area contributed by atoms with Crippen LogP contribution in [0.3, 0.4) is 0 Å². The summed E-state index contributed by atoms with van der Waals surface area (Å²) >= 11 is 0. The van der Waals surface area contributed by atoms with Gasteiger partial charge in [-0.15, -0.1) is 0 Å². The summed E-state index contributed by atoms with van der Waals surface area (Å²) in [7, 11) is 0. The molecule has 0 saturated heterocycles. The highest BCUT2D eigenvalue weighted by Crippen LogP contribution is 2.12. The highest BCUT2D eigenvalue weighted by molar-refractivity contribution is 5.96. The molecular formula is C11H12N6O2. The van der Waals surface area contributed by atoms with Gasteiger partial charge in [0, 0.05) is 6.54 Å². The SMILES string of the molecule is CCNC(=O)NC(=O)C(C)n1cnc(C#N)c1C#N. The van der Waals surface area contributed by atoms with Gasteiger partial charge < -0.3 is 9.88 Å². The van der Waals surface area contributed by atoms with E-state index in [1.54, 1.807) is 19.1 Å². The van der Waals surface area contributed by atoms with Gasteiger partial charge in [0.1, 0.15) is 18.2 Å². The number of nitrogens with one attached hydrogen (secondary N) is 2. The number of hydrogen-bond donors (Lipinski definition) is 2. The summed E-state index contributed by atoms with van der Waals surface area (Å²) < 4.78 is 1.24. The average molecular weight is 260 g/mol. The van der Waals surface area contributed by atoms with Crippen LogP contribution in [0.1, 0.15) is 31.3 Å². The van der Waals surface area contributed by atoms with Crippen molar-refractivity contribution in [1.82, 2.24) is 20.2 Å². The van der Waals surface area contributed by atoms with E-state index in [2.05, 4.69) is 15.6 Å². The Morgan fingerprint density at radius 2 is 2.16 bits per heavy atom. The minimum Gasteiger partial charge on any atom is -0.338 e. The van der Waals surface area contributed by atoms with Crippen LogP contribution in [0.2, 0.25) is 0 Å². The van der Waals surface area contributed by atoms with Crippen LogP contribution < -0.4 is 10.6 Å². The van der Waals surface area contributed by atoms with Crippen LogP contribution in [0.25, 0.3) is 0 Å². The Labute approximate surface area is 109 Å². The predicted octanol–water partition coefficient (Wildman–Crippen LogP) is 0.0332. The summed E-state index contributed by atoms with van der Waals surface area (Å²) in [5.41, 5.74) is -0.0683. The van der Waals surface area contributed by atoms with Crippen LogP contribution in [0.5, 0.6) is 0 Å². The van der Waals surface area contributed by atoms with E-state index in [9.17, 15) is 9.59 Å². The lowest BCUT2D eigenvalue weighted by Gasteiger charge is -2.13. The number of hydrogen-bond acceptors (Lipinski definition) is 5. The third kappa shape index (κ3) is 3.07. The maximum atomic E-state index is 11.8. The lowest BCUT2D eigenvalue weighted by molar-refractivity contribution is -0.122. The molecule has 1 aromatic heterocycles. The van der Waals surface area contributed by atoms with Crippen LogP contribution in [-0.4, -0.2) is 28.0 Å². The van der Waals surface area contributed by atoms with Crippen molar-refractivity contribution in [2.24, 2.45) is 0 Å². The Balaban J connectivity index is 2.90. The number of urea groups is 1. The molecule has 0 aliphatic rings. The number of aromatic nitrogens is 2. The van der Waals surface area contributed by atoms with Gasteiger partial charge in [0.15, 0.2) is 11.4 Å². The van der Waals surface area contributed by atoms with Gasteiger partial charge in [-0.05, 0) is 13.8 Å². The summed E-state index contributed by atoms with van der Waals surface area (Å²) in [6.45, 7) is 3.61. The molecule has 0 fully saturated rings. The summed E-state index contributed by atoms with van der Waals surface area (Å²) in [6.07, 6.45) is 1.22. The van der Waals surface area contributed by atoms with Crippen molar-refractivity contribution in [2.75, 3.05) is 6.54 Å². The average Bonchev–Trinajstić information content (AvgIpc) is 2.80. The van der Waals surface area contributed by atoms with E-state index in [1.807, 2.05) is 0 Å². The minimum atomic E-state index is -0.827. The Bertz CT molecular complexity index is 577. The van der Waals surface area contributed by atoms with Gasteiger partial charge >= 0.3 is 6.03 Å². The molecule has 0 spiro atoms. The van der Waals surface area contributed by atoms with Gasteiger partial charge in [-0.25, -0.2) is 9.78 Å². The van der Waals surface area contributed by atoms with Crippen molar-refractivity contribution in [3.05, 3.63) is 17.7 Å². The largest absolute Gasteiger partial charge is 0.338 e. The summed E-state index contributed by atoms with van der Waals surface area (Å²) in [5, 5.41) is 22.2. The first-order valence-corrected chi connectivity index (χ1v) is 5.50. The van der Waals surface area contributed by atoms with Gasteiger partial charge in [0.05, 0.1) is 6.33 Å². The Kier molecular flexibility index (Phi) is 4.61. The maximum absolute atomic E-state index is 11.8. The van der Waals surface area contributed by atoms with Gasteiger partial charge in [-0.1, -0.05) is 0 Å². The Hall–Kier alpha value is -2.87. The zero-order valence-electron chi connectivity index (χ0n) is 10.5. The molecule has 8 nitrogen and oxygen atoms in total. The molecule has 1 aromatic rings. The summed E-state index contributed by atoms with van der Waals surface area (Å²) in [5.74, 6) is -0.593. The lowest BCUT2D eigenvalue weighted by Crippen LogP contribution is -2.42. The van der Waals surface area contributed by atoms with Crippen molar-refractivity contribution in [3.8, 4) is 12.1 Å². The molecule has 0 aliphatic heterocycles. The fraction of sp³-hybridized carbons (Fsp3) is 0.364. The third-order valence-corrected chi connectivity index (χ3v) is 2.38. The highest BCUT2D eigenvalue weighted by atomic mass is 16.2. The number of carbonyl (C=O) groups excluding carboxylic acids is 2. The lowest BCUT2D eigenvalue weighted by atomic mass is 10.2. The summed E-state index contributed by atoms with van der Waals surface area (Å²) in [6, 6.07) is 2.12. The molecule has 1 unspecified atom stereocenters.